The molecule has 2 nitrogen and oxygen atoms in total. The molecule has 0 aliphatic rings. The summed E-state index contributed by atoms with van der Waals surface area (Å²) in [4.78, 5) is 22.0. The van der Waals surface area contributed by atoms with E-state index in [2.05, 4.69) is 0 Å². The SMILES string of the molecule is CC(=O)C(C)CC(C)(C)C(C)=O. The Morgan fingerprint density at radius 2 is 1.67 bits per heavy atom. The summed E-state index contributed by atoms with van der Waals surface area (Å²) in [6, 6.07) is 0. The third-order valence-electron chi connectivity index (χ3n) is 2.46. The molecule has 0 fully saturated rings. The topological polar surface area (TPSA) is 34.1 Å². The van der Waals surface area contributed by atoms with Crippen LogP contribution in [0.3, 0.4) is 0 Å². The van der Waals surface area contributed by atoms with Gasteiger partial charge < -0.3 is 0 Å². The lowest BCUT2D eigenvalue weighted by Gasteiger charge is -2.23. The Labute approximate surface area is 74.3 Å². The van der Waals surface area contributed by atoms with Crippen molar-refractivity contribution in [2.75, 3.05) is 0 Å². The smallest absolute Gasteiger partial charge is 0.135 e. The molecule has 0 aromatic carbocycles. The molecule has 1 unspecified atom stereocenters. The molecule has 0 radical (unpaired) electrons. The van der Waals surface area contributed by atoms with Crippen molar-refractivity contribution in [3.05, 3.63) is 0 Å². The van der Waals surface area contributed by atoms with Gasteiger partial charge in [-0.25, -0.2) is 0 Å². The van der Waals surface area contributed by atoms with Crippen LogP contribution in [0.15, 0.2) is 0 Å². The molecule has 0 N–H and O–H groups in total. The third kappa shape index (κ3) is 3.16. The summed E-state index contributed by atoms with van der Waals surface area (Å²) in [5, 5.41) is 0. The Bertz CT molecular complexity index is 192. The minimum Gasteiger partial charge on any atom is -0.300 e. The molecule has 0 aliphatic heterocycles. The number of rotatable bonds is 4. The first-order valence-electron chi connectivity index (χ1n) is 4.29. The molecule has 0 amide bonds. The van der Waals surface area contributed by atoms with Crippen molar-refractivity contribution < 1.29 is 9.59 Å². The van der Waals surface area contributed by atoms with Gasteiger partial charge in [-0.1, -0.05) is 20.8 Å². The standard InChI is InChI=1S/C10H18O2/c1-7(8(2)11)6-10(4,5)9(3)12/h7H,6H2,1-5H3. The molecule has 0 aromatic rings. The van der Waals surface area contributed by atoms with Gasteiger partial charge in [-0.3, -0.25) is 9.59 Å². The van der Waals surface area contributed by atoms with E-state index in [4.69, 9.17) is 0 Å². The molecule has 0 bridgehead atoms. The van der Waals surface area contributed by atoms with Crippen molar-refractivity contribution in [3.63, 3.8) is 0 Å². The highest BCUT2D eigenvalue weighted by Crippen LogP contribution is 2.26. The molecular weight excluding hydrogens is 152 g/mol. The summed E-state index contributed by atoms with van der Waals surface area (Å²) in [5.41, 5.74) is -0.356. The van der Waals surface area contributed by atoms with E-state index < -0.39 is 0 Å². The fraction of sp³-hybridized carbons (Fsp3) is 0.800. The summed E-state index contributed by atoms with van der Waals surface area (Å²) < 4.78 is 0. The van der Waals surface area contributed by atoms with Gasteiger partial charge in [0.15, 0.2) is 0 Å². The van der Waals surface area contributed by atoms with Gasteiger partial charge in [0, 0.05) is 11.3 Å². The Morgan fingerprint density at radius 3 is 1.92 bits per heavy atom. The predicted octanol–water partition coefficient (Wildman–Crippen LogP) is 2.22. The Kier molecular flexibility index (Phi) is 3.62. The van der Waals surface area contributed by atoms with Gasteiger partial charge in [-0.05, 0) is 20.3 Å². The fourth-order valence-electron chi connectivity index (χ4n) is 1.05. The van der Waals surface area contributed by atoms with Gasteiger partial charge in [0.1, 0.15) is 11.6 Å². The van der Waals surface area contributed by atoms with E-state index >= 15 is 0 Å². The average Bonchev–Trinajstić information content (AvgIpc) is 1.85. The number of carbonyl (C=O) groups is 2. The zero-order chi connectivity index (χ0) is 9.94. The Hall–Kier alpha value is -0.660. The average molecular weight is 170 g/mol. The van der Waals surface area contributed by atoms with Crippen LogP contribution in [0.25, 0.3) is 0 Å². The monoisotopic (exact) mass is 170 g/mol. The maximum absolute atomic E-state index is 11.1. The normalized spacial score (nSPS) is 14.1. The van der Waals surface area contributed by atoms with E-state index in [9.17, 15) is 9.59 Å². The largest absolute Gasteiger partial charge is 0.300 e. The summed E-state index contributed by atoms with van der Waals surface area (Å²) in [5.74, 6) is 0.295. The van der Waals surface area contributed by atoms with Crippen molar-refractivity contribution >= 4 is 11.6 Å². The van der Waals surface area contributed by atoms with Gasteiger partial charge >= 0.3 is 0 Å². The van der Waals surface area contributed by atoms with Crippen molar-refractivity contribution in [1.29, 1.82) is 0 Å². The molecule has 0 aliphatic carbocycles. The first-order chi connectivity index (χ1) is 5.27. The zero-order valence-electron chi connectivity index (χ0n) is 8.60. The van der Waals surface area contributed by atoms with Crippen LogP contribution < -0.4 is 0 Å². The summed E-state index contributed by atoms with van der Waals surface area (Å²) in [7, 11) is 0. The van der Waals surface area contributed by atoms with E-state index in [0.717, 1.165) is 0 Å². The van der Waals surface area contributed by atoms with Crippen molar-refractivity contribution in [3.8, 4) is 0 Å². The van der Waals surface area contributed by atoms with Crippen LogP contribution in [0.1, 0.15) is 41.0 Å². The quantitative estimate of drug-likeness (QED) is 0.648. The molecule has 0 rings (SSSR count). The third-order valence-corrected chi connectivity index (χ3v) is 2.46. The molecule has 0 spiro atoms. The fourth-order valence-corrected chi connectivity index (χ4v) is 1.05. The highest BCUT2D eigenvalue weighted by atomic mass is 16.1. The van der Waals surface area contributed by atoms with Gasteiger partial charge in [-0.15, -0.1) is 0 Å². The van der Waals surface area contributed by atoms with Crippen LogP contribution in [0.4, 0.5) is 0 Å². The van der Waals surface area contributed by atoms with Crippen LogP contribution in [0, 0.1) is 11.3 Å². The van der Waals surface area contributed by atoms with Gasteiger partial charge in [0.05, 0.1) is 0 Å². The minimum absolute atomic E-state index is 0.0103. The number of ketones is 2. The predicted molar refractivity (Wildman–Crippen MR) is 48.9 cm³/mol. The van der Waals surface area contributed by atoms with E-state index in [1.165, 1.54) is 0 Å². The van der Waals surface area contributed by atoms with Crippen LogP contribution >= 0.6 is 0 Å². The first-order valence-corrected chi connectivity index (χ1v) is 4.29. The van der Waals surface area contributed by atoms with Crippen molar-refractivity contribution in [2.24, 2.45) is 11.3 Å². The number of hydrogen-bond donors (Lipinski definition) is 0. The number of hydrogen-bond acceptors (Lipinski definition) is 2. The van der Waals surface area contributed by atoms with E-state index in [1.807, 2.05) is 20.8 Å². The lowest BCUT2D eigenvalue weighted by atomic mass is 9.79. The molecule has 0 heterocycles. The molecule has 0 saturated carbocycles. The lowest BCUT2D eigenvalue weighted by molar-refractivity contribution is -0.127. The maximum Gasteiger partial charge on any atom is 0.135 e. The number of carbonyl (C=O) groups excluding carboxylic acids is 2. The summed E-state index contributed by atoms with van der Waals surface area (Å²) >= 11 is 0. The molecule has 2 heteroatoms. The van der Waals surface area contributed by atoms with Crippen LogP contribution in [0.2, 0.25) is 0 Å². The van der Waals surface area contributed by atoms with Gasteiger partial charge in [0.2, 0.25) is 0 Å². The molecular formula is C10H18O2. The van der Waals surface area contributed by atoms with Crippen molar-refractivity contribution in [1.82, 2.24) is 0 Å². The van der Waals surface area contributed by atoms with E-state index in [1.54, 1.807) is 13.8 Å². The van der Waals surface area contributed by atoms with Crippen molar-refractivity contribution in [2.45, 2.75) is 41.0 Å². The van der Waals surface area contributed by atoms with Crippen LogP contribution in [-0.2, 0) is 9.59 Å². The van der Waals surface area contributed by atoms with Gasteiger partial charge in [-0.2, -0.15) is 0 Å². The number of Topliss-reactive ketones (excluding diaryl/α,β-unsaturated/α-hetero) is 2. The van der Waals surface area contributed by atoms with E-state index in [0.29, 0.717) is 6.42 Å². The summed E-state index contributed by atoms with van der Waals surface area (Å²) in [6.07, 6.45) is 0.650. The second-order valence-electron chi connectivity index (χ2n) is 4.16. The second kappa shape index (κ2) is 3.83. The van der Waals surface area contributed by atoms with Gasteiger partial charge in [0.25, 0.3) is 0 Å². The highest BCUT2D eigenvalue weighted by Gasteiger charge is 2.27. The molecule has 70 valence electrons. The van der Waals surface area contributed by atoms with Crippen LogP contribution in [0.5, 0.6) is 0 Å². The molecule has 12 heavy (non-hydrogen) atoms. The highest BCUT2D eigenvalue weighted by molar-refractivity contribution is 5.83. The zero-order valence-corrected chi connectivity index (χ0v) is 8.60. The van der Waals surface area contributed by atoms with Crippen LogP contribution in [-0.4, -0.2) is 11.6 Å². The lowest BCUT2D eigenvalue weighted by Crippen LogP contribution is -2.26. The minimum atomic E-state index is -0.356. The Morgan fingerprint density at radius 1 is 1.25 bits per heavy atom. The Balaban J connectivity index is 4.24. The molecule has 1 atom stereocenters. The maximum atomic E-state index is 11.1. The van der Waals surface area contributed by atoms with E-state index in [-0.39, 0.29) is 22.9 Å². The molecule has 0 saturated heterocycles. The molecule has 0 aromatic heterocycles. The first kappa shape index (κ1) is 11.3. The second-order valence-corrected chi connectivity index (χ2v) is 4.16. The summed E-state index contributed by atoms with van der Waals surface area (Å²) in [6.45, 7) is 8.78.